The van der Waals surface area contributed by atoms with Gasteiger partial charge in [0.15, 0.2) is 5.78 Å². The summed E-state index contributed by atoms with van der Waals surface area (Å²) in [5.74, 6) is 0.197. The third-order valence-corrected chi connectivity index (χ3v) is 1.47. The summed E-state index contributed by atoms with van der Waals surface area (Å²) in [6.07, 6.45) is 3.19. The van der Waals surface area contributed by atoms with Gasteiger partial charge in [0.2, 0.25) is 0 Å². The summed E-state index contributed by atoms with van der Waals surface area (Å²) in [6.45, 7) is 6.83. The van der Waals surface area contributed by atoms with E-state index in [9.17, 15) is 4.79 Å². The van der Waals surface area contributed by atoms with Crippen LogP contribution in [0.3, 0.4) is 0 Å². The van der Waals surface area contributed by atoms with Crippen LogP contribution in [0.5, 0.6) is 0 Å². The minimum absolute atomic E-state index is 0.197. The molecule has 0 saturated heterocycles. The van der Waals surface area contributed by atoms with Crippen molar-refractivity contribution < 1.29 is 4.79 Å². The van der Waals surface area contributed by atoms with E-state index in [1.165, 1.54) is 0 Å². The Morgan fingerprint density at radius 2 is 1.91 bits per heavy atom. The Morgan fingerprint density at radius 1 is 1.27 bits per heavy atom. The number of carbonyl (C=O) groups excluding carboxylic acids is 1. The zero-order valence-corrected chi connectivity index (χ0v) is 7.61. The molecule has 0 atom stereocenters. The maximum absolute atomic E-state index is 10.9. The number of hydrogen-bond donors (Lipinski definition) is 1. The summed E-state index contributed by atoms with van der Waals surface area (Å²) in [6, 6.07) is 0. The molecule has 0 aliphatic heterocycles. The molecule has 2 nitrogen and oxygen atoms in total. The summed E-state index contributed by atoms with van der Waals surface area (Å²) in [5, 5.41) is 3.14. The first-order valence-electron chi connectivity index (χ1n) is 4.21. The van der Waals surface area contributed by atoms with Crippen LogP contribution in [0.15, 0.2) is 11.8 Å². The lowest BCUT2D eigenvalue weighted by atomic mass is 10.2. The van der Waals surface area contributed by atoms with Crippen LogP contribution >= 0.6 is 0 Å². The van der Waals surface area contributed by atoms with E-state index in [0.717, 1.165) is 18.7 Å². The van der Waals surface area contributed by atoms with Gasteiger partial charge in [0, 0.05) is 18.7 Å². The van der Waals surface area contributed by atoms with Gasteiger partial charge in [-0.3, -0.25) is 4.79 Å². The fraction of sp³-hybridized carbons (Fsp3) is 0.667. The maximum Gasteiger partial charge on any atom is 0.157 e. The average molecular weight is 155 g/mol. The molecular formula is C9H17NO. The monoisotopic (exact) mass is 155 g/mol. The SMILES string of the molecule is CCN/C(=C\C(=O)CC)CC. The Kier molecular flexibility index (Phi) is 5.53. The van der Waals surface area contributed by atoms with Crippen molar-refractivity contribution in [2.75, 3.05) is 6.54 Å². The Hall–Kier alpha value is -0.790. The Balaban J connectivity index is 3.99. The average Bonchev–Trinajstić information content (AvgIpc) is 2.03. The number of ketones is 1. The van der Waals surface area contributed by atoms with E-state index in [0.29, 0.717) is 6.42 Å². The summed E-state index contributed by atoms with van der Waals surface area (Å²) in [4.78, 5) is 10.9. The smallest absolute Gasteiger partial charge is 0.157 e. The zero-order chi connectivity index (χ0) is 8.69. The van der Waals surface area contributed by atoms with Gasteiger partial charge in [0.1, 0.15) is 0 Å². The fourth-order valence-electron chi connectivity index (χ4n) is 0.802. The van der Waals surface area contributed by atoms with Crippen LogP contribution in [0.25, 0.3) is 0 Å². The van der Waals surface area contributed by atoms with Crippen LogP contribution in [0.2, 0.25) is 0 Å². The molecule has 2 heteroatoms. The number of carbonyl (C=O) groups is 1. The zero-order valence-electron chi connectivity index (χ0n) is 7.61. The van der Waals surface area contributed by atoms with Crippen molar-refractivity contribution >= 4 is 5.78 Å². The predicted octanol–water partition coefficient (Wildman–Crippen LogP) is 1.87. The van der Waals surface area contributed by atoms with Crippen molar-refractivity contribution in [3.8, 4) is 0 Å². The molecule has 0 aromatic rings. The summed E-state index contributed by atoms with van der Waals surface area (Å²) < 4.78 is 0. The first kappa shape index (κ1) is 10.2. The lowest BCUT2D eigenvalue weighted by molar-refractivity contribution is -0.114. The van der Waals surface area contributed by atoms with Crippen molar-refractivity contribution in [2.24, 2.45) is 0 Å². The molecule has 0 aliphatic rings. The molecule has 0 unspecified atom stereocenters. The molecule has 0 rings (SSSR count). The molecular weight excluding hydrogens is 138 g/mol. The van der Waals surface area contributed by atoms with E-state index in [1.54, 1.807) is 6.08 Å². The first-order chi connectivity index (χ1) is 5.24. The standard InChI is InChI=1S/C9H17NO/c1-4-8(10-6-3)7-9(11)5-2/h7,10H,4-6H2,1-3H3/b8-7-. The van der Waals surface area contributed by atoms with Gasteiger partial charge < -0.3 is 5.32 Å². The molecule has 11 heavy (non-hydrogen) atoms. The Labute approximate surface area is 68.7 Å². The van der Waals surface area contributed by atoms with Crippen LogP contribution in [0.1, 0.15) is 33.6 Å². The van der Waals surface area contributed by atoms with Gasteiger partial charge in [-0.05, 0) is 19.4 Å². The molecule has 0 spiro atoms. The first-order valence-corrected chi connectivity index (χ1v) is 4.21. The number of rotatable bonds is 5. The molecule has 0 amide bonds. The maximum atomic E-state index is 10.9. The molecule has 0 bridgehead atoms. The van der Waals surface area contributed by atoms with Crippen LogP contribution < -0.4 is 5.32 Å². The normalized spacial score (nSPS) is 11.4. The Bertz CT molecular complexity index is 150. The molecule has 0 radical (unpaired) electrons. The van der Waals surface area contributed by atoms with E-state index in [4.69, 9.17) is 0 Å². The highest BCUT2D eigenvalue weighted by atomic mass is 16.1. The van der Waals surface area contributed by atoms with E-state index < -0.39 is 0 Å². The van der Waals surface area contributed by atoms with Gasteiger partial charge >= 0.3 is 0 Å². The summed E-state index contributed by atoms with van der Waals surface area (Å²) in [7, 11) is 0. The number of allylic oxidation sites excluding steroid dienone is 2. The van der Waals surface area contributed by atoms with Crippen molar-refractivity contribution in [1.82, 2.24) is 5.32 Å². The second kappa shape index (κ2) is 5.96. The molecule has 0 heterocycles. The van der Waals surface area contributed by atoms with Crippen molar-refractivity contribution in [2.45, 2.75) is 33.6 Å². The lowest BCUT2D eigenvalue weighted by Gasteiger charge is -2.04. The largest absolute Gasteiger partial charge is 0.389 e. The van der Waals surface area contributed by atoms with Crippen LogP contribution in [-0.4, -0.2) is 12.3 Å². The van der Waals surface area contributed by atoms with Gasteiger partial charge in [0.05, 0.1) is 0 Å². The summed E-state index contributed by atoms with van der Waals surface area (Å²) in [5.41, 5.74) is 1.04. The van der Waals surface area contributed by atoms with E-state index >= 15 is 0 Å². The van der Waals surface area contributed by atoms with Crippen molar-refractivity contribution in [3.05, 3.63) is 11.8 Å². The highest BCUT2D eigenvalue weighted by molar-refractivity contribution is 5.89. The summed E-state index contributed by atoms with van der Waals surface area (Å²) >= 11 is 0. The van der Waals surface area contributed by atoms with Gasteiger partial charge in [0.25, 0.3) is 0 Å². The van der Waals surface area contributed by atoms with Crippen LogP contribution in [0.4, 0.5) is 0 Å². The Morgan fingerprint density at radius 3 is 2.27 bits per heavy atom. The van der Waals surface area contributed by atoms with E-state index in [2.05, 4.69) is 5.32 Å². The molecule has 64 valence electrons. The number of nitrogens with one attached hydrogen (secondary N) is 1. The molecule has 0 aliphatic carbocycles. The minimum atomic E-state index is 0.197. The fourth-order valence-corrected chi connectivity index (χ4v) is 0.802. The third-order valence-electron chi connectivity index (χ3n) is 1.47. The van der Waals surface area contributed by atoms with Gasteiger partial charge in [-0.1, -0.05) is 13.8 Å². The van der Waals surface area contributed by atoms with Crippen LogP contribution in [-0.2, 0) is 4.79 Å². The molecule has 1 N–H and O–H groups in total. The molecule has 0 aromatic carbocycles. The molecule has 0 aromatic heterocycles. The van der Waals surface area contributed by atoms with Gasteiger partial charge in [-0.15, -0.1) is 0 Å². The minimum Gasteiger partial charge on any atom is -0.389 e. The number of hydrogen-bond acceptors (Lipinski definition) is 2. The molecule has 0 saturated carbocycles. The lowest BCUT2D eigenvalue weighted by Crippen LogP contribution is -2.12. The van der Waals surface area contributed by atoms with Crippen molar-refractivity contribution in [1.29, 1.82) is 0 Å². The van der Waals surface area contributed by atoms with Crippen molar-refractivity contribution in [3.63, 3.8) is 0 Å². The highest BCUT2D eigenvalue weighted by Crippen LogP contribution is 1.96. The quantitative estimate of drug-likeness (QED) is 0.614. The highest BCUT2D eigenvalue weighted by Gasteiger charge is 1.95. The van der Waals surface area contributed by atoms with Crippen LogP contribution in [0, 0.1) is 0 Å². The van der Waals surface area contributed by atoms with E-state index in [-0.39, 0.29) is 5.78 Å². The van der Waals surface area contributed by atoms with Gasteiger partial charge in [-0.2, -0.15) is 0 Å². The topological polar surface area (TPSA) is 29.1 Å². The van der Waals surface area contributed by atoms with E-state index in [1.807, 2.05) is 20.8 Å². The third kappa shape index (κ3) is 4.59. The predicted molar refractivity (Wildman–Crippen MR) is 47.3 cm³/mol. The second-order valence-electron chi connectivity index (χ2n) is 2.37. The molecule has 0 fully saturated rings. The second-order valence-corrected chi connectivity index (χ2v) is 2.37. The van der Waals surface area contributed by atoms with Gasteiger partial charge in [-0.25, -0.2) is 0 Å².